The van der Waals surface area contributed by atoms with Crippen LogP contribution in [0.25, 0.3) is 0 Å². The number of carbonyl (C=O) groups excluding carboxylic acids is 3. The van der Waals surface area contributed by atoms with Gasteiger partial charge in [0.2, 0.25) is 11.8 Å². The molecule has 6 aliphatic rings. The minimum atomic E-state index is -2.10. The number of amides is 2. The highest BCUT2D eigenvalue weighted by Gasteiger charge is 2.93. The number of rotatable bonds is 6. The molecule has 2 unspecified atom stereocenters. The average Bonchev–Trinajstić information content (AvgIpc) is 3.35. The Morgan fingerprint density at radius 1 is 0.977 bits per heavy atom. The molecule has 1 aromatic carbocycles. The van der Waals surface area contributed by atoms with E-state index < -0.39 is 70.0 Å². The van der Waals surface area contributed by atoms with Crippen LogP contribution in [0.3, 0.4) is 0 Å². The van der Waals surface area contributed by atoms with E-state index in [4.69, 9.17) is 18.9 Å². The zero-order valence-electron chi connectivity index (χ0n) is 25.7. The monoisotopic (exact) mass is 614 g/mol. The van der Waals surface area contributed by atoms with E-state index >= 15 is 0 Å². The zero-order valence-corrected chi connectivity index (χ0v) is 25.7. The summed E-state index contributed by atoms with van der Waals surface area (Å²) >= 11 is 0. The van der Waals surface area contributed by atoms with Crippen LogP contribution in [0.1, 0.15) is 56.3 Å². The third-order valence-electron chi connectivity index (χ3n) is 12.6. The third-order valence-corrected chi connectivity index (χ3v) is 12.6. The molecule has 0 radical (unpaired) electrons. The van der Waals surface area contributed by atoms with Gasteiger partial charge >= 0.3 is 5.97 Å². The number of hydrogen-bond donors (Lipinski definition) is 4. The number of likely N-dealkylation sites (tertiary alicyclic amines) is 1. The van der Waals surface area contributed by atoms with Gasteiger partial charge in [-0.2, -0.15) is 0 Å². The lowest BCUT2D eigenvalue weighted by Crippen LogP contribution is -2.88. The number of carbonyl (C=O) groups is 3. The third kappa shape index (κ3) is 3.21. The van der Waals surface area contributed by atoms with Gasteiger partial charge in [0.15, 0.2) is 0 Å². The Bertz CT molecular complexity index is 1420. The number of piperidine rings is 1. The zero-order chi connectivity index (χ0) is 31.6. The molecule has 6 fully saturated rings. The highest BCUT2D eigenvalue weighted by atomic mass is 16.6. The summed E-state index contributed by atoms with van der Waals surface area (Å²) < 4.78 is 24.5. The molecule has 1 aromatic rings. The number of nitrogens with zero attached hydrogens (tertiary/aromatic N) is 1. The van der Waals surface area contributed by atoms with Crippen molar-refractivity contribution in [3.05, 3.63) is 29.8 Å². The van der Waals surface area contributed by atoms with Gasteiger partial charge in [0.25, 0.3) is 0 Å². The second kappa shape index (κ2) is 9.46. The fraction of sp³-hybridized carbons (Fsp3) is 0.719. The summed E-state index contributed by atoms with van der Waals surface area (Å²) in [7, 11) is 4.63. The van der Waals surface area contributed by atoms with E-state index in [-0.39, 0.29) is 42.7 Å². The Morgan fingerprint density at radius 2 is 1.70 bits per heavy atom. The van der Waals surface area contributed by atoms with Crippen LogP contribution in [0.15, 0.2) is 24.3 Å². The molecule has 12 nitrogen and oxygen atoms in total. The topological polar surface area (TPSA) is 164 Å². The van der Waals surface area contributed by atoms with Crippen LogP contribution in [-0.4, -0.2) is 113 Å². The van der Waals surface area contributed by atoms with Gasteiger partial charge in [-0.1, -0.05) is 12.1 Å². The number of nitrogens with one attached hydrogen (secondary N) is 1. The van der Waals surface area contributed by atoms with Gasteiger partial charge in [0.05, 0.1) is 42.1 Å². The summed E-state index contributed by atoms with van der Waals surface area (Å²) in [5, 5.41) is 41.3. The lowest BCUT2D eigenvalue weighted by Gasteiger charge is -2.71. The molecule has 240 valence electrons. The van der Waals surface area contributed by atoms with E-state index in [1.165, 1.54) is 21.0 Å². The molecular weight excluding hydrogens is 572 g/mol. The molecule has 0 aromatic heterocycles. The van der Waals surface area contributed by atoms with E-state index in [2.05, 4.69) is 5.32 Å². The first-order valence-electron chi connectivity index (χ1n) is 15.4. The standard InChI is InChI=1S/C32H42N2O10/c1-16(35)33-20-9-7-6-8-18(20)26(37)44-28-11-10-24(42-4)31-22-12-19-21(41-3)13-30(39,32(22,40)25(19)43-5)29(38,14-23(28)31)27(31)34(15-28)17(2)36/h6-9,19,21-25,27,38-40H,10-15H2,1-5H3,(H,33,35)/t19-,21+,22?,23-,24+,25+,27?,28-,29+,30+,31-,32+/m1/s1. The number of anilines is 1. The van der Waals surface area contributed by atoms with Crippen molar-refractivity contribution < 1.29 is 48.7 Å². The van der Waals surface area contributed by atoms with Crippen molar-refractivity contribution >= 4 is 23.5 Å². The molecule has 1 aliphatic heterocycles. The van der Waals surface area contributed by atoms with Crippen LogP contribution < -0.4 is 5.32 Å². The van der Waals surface area contributed by atoms with Crippen molar-refractivity contribution in [3.8, 4) is 0 Å². The second-order valence-corrected chi connectivity index (χ2v) is 13.9. The summed E-state index contributed by atoms with van der Waals surface area (Å²) in [4.78, 5) is 41.1. The number of para-hydroxylation sites is 1. The predicted molar refractivity (Wildman–Crippen MR) is 153 cm³/mol. The summed E-state index contributed by atoms with van der Waals surface area (Å²) in [6, 6.07) is 5.65. The number of benzene rings is 1. The largest absolute Gasteiger partial charge is 0.453 e. The first-order chi connectivity index (χ1) is 20.8. The van der Waals surface area contributed by atoms with E-state index in [0.717, 1.165) is 0 Å². The highest BCUT2D eigenvalue weighted by Crippen LogP contribution is 2.80. The van der Waals surface area contributed by atoms with Gasteiger partial charge in [0, 0.05) is 64.8 Å². The molecule has 12 heteroatoms. The number of fused-ring (bicyclic) bond motifs is 2. The van der Waals surface area contributed by atoms with Crippen molar-refractivity contribution in [1.29, 1.82) is 0 Å². The normalized spacial score (nSPS) is 47.7. The van der Waals surface area contributed by atoms with Crippen LogP contribution in [0.5, 0.6) is 0 Å². The van der Waals surface area contributed by atoms with Gasteiger partial charge in [-0.3, -0.25) is 9.59 Å². The maximum atomic E-state index is 14.0. The van der Waals surface area contributed by atoms with Gasteiger partial charge in [-0.15, -0.1) is 0 Å². The number of hydrogen-bond acceptors (Lipinski definition) is 10. The number of esters is 1. The molecular formula is C32H42N2O10. The van der Waals surface area contributed by atoms with Crippen LogP contribution in [-0.2, 0) is 28.5 Å². The quantitative estimate of drug-likeness (QED) is 0.338. The average molecular weight is 615 g/mol. The Morgan fingerprint density at radius 3 is 2.34 bits per heavy atom. The Balaban J connectivity index is 1.43. The molecule has 5 saturated carbocycles. The summed E-state index contributed by atoms with van der Waals surface area (Å²) in [6.45, 7) is 2.77. The number of ether oxygens (including phenoxy) is 4. The van der Waals surface area contributed by atoms with Crippen LogP contribution >= 0.6 is 0 Å². The van der Waals surface area contributed by atoms with Crippen molar-refractivity contribution in [3.63, 3.8) is 0 Å². The molecule has 7 rings (SSSR count). The first-order valence-corrected chi connectivity index (χ1v) is 15.4. The summed E-state index contributed by atoms with van der Waals surface area (Å²) in [6.07, 6.45) is -0.772. The molecule has 1 saturated heterocycles. The molecule has 5 aliphatic carbocycles. The van der Waals surface area contributed by atoms with Crippen LogP contribution in [0.4, 0.5) is 5.69 Å². The lowest BCUT2D eigenvalue weighted by molar-refractivity contribution is -0.367. The Hall–Kier alpha value is -2.61. The fourth-order valence-corrected chi connectivity index (χ4v) is 11.5. The lowest BCUT2D eigenvalue weighted by atomic mass is 9.43. The van der Waals surface area contributed by atoms with Crippen molar-refractivity contribution in [2.24, 2.45) is 23.2 Å². The minimum Gasteiger partial charge on any atom is -0.453 e. The molecule has 44 heavy (non-hydrogen) atoms. The molecule has 4 N–H and O–H groups in total. The van der Waals surface area contributed by atoms with Crippen molar-refractivity contribution in [1.82, 2.24) is 4.90 Å². The van der Waals surface area contributed by atoms with Gasteiger partial charge in [0.1, 0.15) is 22.4 Å². The maximum Gasteiger partial charge on any atom is 0.340 e. The summed E-state index contributed by atoms with van der Waals surface area (Å²) in [5.74, 6) is -2.90. The maximum absolute atomic E-state index is 14.0. The van der Waals surface area contributed by atoms with E-state index in [0.29, 0.717) is 24.9 Å². The van der Waals surface area contributed by atoms with Crippen molar-refractivity contribution in [2.45, 2.75) is 92.7 Å². The second-order valence-electron chi connectivity index (χ2n) is 13.9. The Labute approximate surface area is 256 Å². The van der Waals surface area contributed by atoms with Gasteiger partial charge in [-0.25, -0.2) is 4.79 Å². The van der Waals surface area contributed by atoms with E-state index in [9.17, 15) is 29.7 Å². The smallest absolute Gasteiger partial charge is 0.340 e. The van der Waals surface area contributed by atoms with E-state index in [1.807, 2.05) is 0 Å². The minimum absolute atomic E-state index is 0.0122. The first kappa shape index (κ1) is 30.1. The predicted octanol–water partition coefficient (Wildman–Crippen LogP) is 0.863. The van der Waals surface area contributed by atoms with Gasteiger partial charge < -0.3 is 44.5 Å². The summed E-state index contributed by atoms with van der Waals surface area (Å²) in [5.41, 5.74) is -7.88. The number of aliphatic hydroxyl groups is 3. The van der Waals surface area contributed by atoms with Crippen LogP contribution in [0, 0.1) is 23.2 Å². The highest BCUT2D eigenvalue weighted by molar-refractivity contribution is 6.00. The molecule has 1 spiro atoms. The SMILES string of the molecule is CO[C@H]1C[C@]2(O)[C@]3(O)C[C@@H]4[C@@]5(OC(=O)c6ccccc6NC(C)=O)CC[C@H](OC)[C@@]4(C3N(C(C)=O)C5)C3C[C@H]1[C@H](OC)[C@@]32O. The molecule has 1 heterocycles. The van der Waals surface area contributed by atoms with Crippen molar-refractivity contribution in [2.75, 3.05) is 33.2 Å². The Kier molecular flexibility index (Phi) is 6.46. The van der Waals surface area contributed by atoms with E-state index in [1.54, 1.807) is 43.4 Å². The molecule has 7 bridgehead atoms. The molecule has 2 amide bonds. The number of methoxy groups -OCH3 is 3. The fourth-order valence-electron chi connectivity index (χ4n) is 11.5. The molecule has 12 atom stereocenters. The van der Waals surface area contributed by atoms with Gasteiger partial charge in [-0.05, 0) is 37.8 Å². The van der Waals surface area contributed by atoms with Crippen LogP contribution in [0.2, 0.25) is 0 Å².